The number of fused-ring (bicyclic) bond motifs is 1. The van der Waals surface area contributed by atoms with Crippen molar-refractivity contribution < 1.29 is 109 Å². The van der Waals surface area contributed by atoms with Gasteiger partial charge in [-0.1, -0.05) is 0 Å². The standard InChI is InChI=1S/C33H40N2O21/c36-9-19-23(41)25(43)27(45)32(54-19)56-28-26(44)24(42)20(10-52-22(40)8-21(38)39)55-33(28)53-18-6-12-5-16(31(50)51)35(15(12)7-17(18)37)2-1-11-3-13(29(46)47)34-14(4-11)30(48)49/h1,3,6-7,14,16,19-20,23-28,32-34,36-37,41-45H,2,4-5,8-10H2,(H,38,39)(H,46,47)(H,48,49)(H,50,51)/t14-,16+,19+,20+,23+,24+,25-,26-,27+,28+,32-,33+/m0/s1. The summed E-state index contributed by atoms with van der Waals surface area (Å²) in [5.41, 5.74) is 0.390. The molecule has 4 aliphatic rings. The molecule has 0 spiro atoms. The summed E-state index contributed by atoms with van der Waals surface area (Å²) < 4.78 is 27.4. The molecule has 12 N–H and O–H groups in total. The molecule has 0 radical (unpaired) electrons. The molecular weight excluding hydrogens is 760 g/mol. The van der Waals surface area contributed by atoms with E-state index in [1.807, 2.05) is 0 Å². The molecule has 0 bridgehead atoms. The fourth-order valence-corrected chi connectivity index (χ4v) is 6.69. The Morgan fingerprint density at radius 3 is 2.21 bits per heavy atom. The number of benzene rings is 1. The van der Waals surface area contributed by atoms with E-state index in [0.717, 1.165) is 6.07 Å². The average molecular weight is 801 g/mol. The number of aliphatic hydroxyl groups excluding tert-OH is 6. The second-order valence-corrected chi connectivity index (χ2v) is 13.4. The first-order valence-corrected chi connectivity index (χ1v) is 17.0. The lowest BCUT2D eigenvalue weighted by molar-refractivity contribution is -0.840. The summed E-state index contributed by atoms with van der Waals surface area (Å²) in [6, 6.07) is -0.200. The summed E-state index contributed by atoms with van der Waals surface area (Å²) >= 11 is 0. The molecule has 13 atom stereocenters. The highest BCUT2D eigenvalue weighted by molar-refractivity contribution is 5.90. The number of hydrogen-bond acceptors (Lipinski definition) is 19. The van der Waals surface area contributed by atoms with Crippen molar-refractivity contribution in [2.24, 2.45) is 0 Å². The van der Waals surface area contributed by atoms with Crippen LogP contribution in [0.15, 0.2) is 35.6 Å². The molecule has 0 saturated carbocycles. The number of carbonyl (C=O) groups is 5. The van der Waals surface area contributed by atoms with Crippen molar-refractivity contribution in [2.45, 2.75) is 92.8 Å². The van der Waals surface area contributed by atoms with Crippen molar-refractivity contribution in [1.82, 2.24) is 5.32 Å². The number of aliphatic hydroxyl groups is 6. The normalized spacial score (nSPS) is 34.8. The fraction of sp³-hybridized carbons (Fsp3) is 0.545. The largest absolute Gasteiger partial charge is 0.544 e. The molecule has 1 unspecified atom stereocenters. The number of phenols is 1. The molecule has 2 saturated heterocycles. The van der Waals surface area contributed by atoms with Crippen molar-refractivity contribution in [3.63, 3.8) is 0 Å². The highest BCUT2D eigenvalue weighted by Crippen LogP contribution is 2.37. The van der Waals surface area contributed by atoms with E-state index >= 15 is 0 Å². The maximum Gasteiger partial charge on any atom is 0.351 e. The Morgan fingerprint density at radius 1 is 0.911 bits per heavy atom. The Labute approximate surface area is 314 Å². The highest BCUT2D eigenvalue weighted by Gasteiger charge is 2.52. The van der Waals surface area contributed by atoms with Crippen molar-refractivity contribution in [3.8, 4) is 11.5 Å². The van der Waals surface area contributed by atoms with Crippen molar-refractivity contribution in [1.29, 1.82) is 0 Å². The lowest BCUT2D eigenvalue weighted by Crippen LogP contribution is -3.11. The second-order valence-electron chi connectivity index (χ2n) is 13.4. The number of carboxylic acid groups (broad SMARTS) is 4. The number of nitrogens with one attached hydrogen (secondary N) is 2. The molecule has 5 rings (SSSR count). The van der Waals surface area contributed by atoms with Gasteiger partial charge in [0.05, 0.1) is 6.61 Å². The summed E-state index contributed by atoms with van der Waals surface area (Å²) in [7, 11) is 0. The molecule has 23 heteroatoms. The zero-order valence-corrected chi connectivity index (χ0v) is 28.9. The molecule has 0 aliphatic carbocycles. The van der Waals surface area contributed by atoms with Crippen molar-refractivity contribution >= 4 is 35.5 Å². The van der Waals surface area contributed by atoms with Crippen molar-refractivity contribution in [2.75, 3.05) is 19.8 Å². The first kappa shape index (κ1) is 42.2. The van der Waals surface area contributed by atoms with Gasteiger partial charge in [-0.05, 0) is 23.8 Å². The number of aromatic hydroxyl groups is 1. The van der Waals surface area contributed by atoms with Gasteiger partial charge in [0.1, 0.15) is 91.7 Å². The van der Waals surface area contributed by atoms with Gasteiger partial charge >= 0.3 is 23.9 Å². The van der Waals surface area contributed by atoms with E-state index in [4.69, 9.17) is 28.8 Å². The summed E-state index contributed by atoms with van der Waals surface area (Å²) in [4.78, 5) is 58.5. The second kappa shape index (κ2) is 17.5. The van der Waals surface area contributed by atoms with E-state index in [9.17, 15) is 75.0 Å². The minimum Gasteiger partial charge on any atom is -0.544 e. The van der Waals surface area contributed by atoms with Crippen LogP contribution in [0, 0.1) is 0 Å². The first-order valence-electron chi connectivity index (χ1n) is 17.0. The molecule has 1 aromatic rings. The Balaban J connectivity index is 1.43. The predicted octanol–water partition coefficient (Wildman–Crippen LogP) is -7.05. The van der Waals surface area contributed by atoms with Gasteiger partial charge in [-0.3, -0.25) is 14.5 Å². The van der Waals surface area contributed by atoms with Gasteiger partial charge in [-0.15, -0.1) is 0 Å². The Hall–Kier alpha value is -4.95. The van der Waals surface area contributed by atoms with Gasteiger partial charge in [0.2, 0.25) is 6.29 Å². The van der Waals surface area contributed by atoms with Crippen LogP contribution in [0.5, 0.6) is 11.5 Å². The number of quaternary nitrogens is 1. The first-order chi connectivity index (χ1) is 26.4. The zero-order valence-electron chi connectivity index (χ0n) is 28.9. The smallest absolute Gasteiger partial charge is 0.351 e. The maximum absolute atomic E-state index is 12.3. The van der Waals surface area contributed by atoms with Gasteiger partial charge in [0.25, 0.3) is 0 Å². The van der Waals surface area contributed by atoms with Crippen LogP contribution in [-0.2, 0) is 49.3 Å². The number of ether oxygens (including phenoxy) is 5. The summed E-state index contributed by atoms with van der Waals surface area (Å²) in [5, 5.41) is 116. The molecule has 4 heterocycles. The number of carbonyl (C=O) groups excluding carboxylic acids is 2. The van der Waals surface area contributed by atoms with Crippen LogP contribution in [0.25, 0.3) is 0 Å². The van der Waals surface area contributed by atoms with Crippen LogP contribution in [0.4, 0.5) is 5.69 Å². The number of phenolic OH excluding ortho intramolecular Hbond substituents is 1. The SMILES string of the molecule is O=C(O)CC(=O)OC[C@H]1O[C@@H](Oc2cc3c(cc2O)[NH+](CC=C2C=C(C(=O)O)N[C@H](C(=O)O)C2)[C@@H](C(=O)[O-])C3)[C@H](O[C@@H]2O[C@H](CO)[C@@H](O)[C@H](O)[C@H]2O)[C@@H](O)[C@@H]1O. The quantitative estimate of drug-likeness (QED) is 0.0614. The third-order valence-electron chi connectivity index (χ3n) is 9.60. The maximum atomic E-state index is 12.3. The van der Waals surface area contributed by atoms with Crippen LogP contribution >= 0.6 is 0 Å². The van der Waals surface area contributed by atoms with E-state index in [0.29, 0.717) is 0 Å². The number of esters is 1. The van der Waals surface area contributed by atoms with E-state index in [1.165, 1.54) is 18.2 Å². The molecule has 308 valence electrons. The lowest BCUT2D eigenvalue weighted by atomic mass is 9.97. The van der Waals surface area contributed by atoms with E-state index in [1.54, 1.807) is 0 Å². The van der Waals surface area contributed by atoms with Crippen LogP contribution in [-0.4, -0.2) is 174 Å². The third kappa shape index (κ3) is 9.18. The van der Waals surface area contributed by atoms with Crippen LogP contribution in [0.1, 0.15) is 18.4 Å². The zero-order chi connectivity index (χ0) is 41.2. The van der Waals surface area contributed by atoms with Gasteiger partial charge in [0, 0.05) is 24.5 Å². The van der Waals surface area contributed by atoms with Gasteiger partial charge in [-0.25, -0.2) is 9.59 Å². The van der Waals surface area contributed by atoms with E-state index < -0.39 is 134 Å². The molecular formula is C33H40N2O21. The topological polar surface area (TPSA) is 373 Å². The Morgan fingerprint density at radius 2 is 1.59 bits per heavy atom. The lowest BCUT2D eigenvalue weighted by Gasteiger charge is -2.45. The molecule has 0 aromatic heterocycles. The number of carboxylic acids is 4. The minimum atomic E-state index is -2.05. The van der Waals surface area contributed by atoms with E-state index in [2.05, 4.69) is 5.32 Å². The molecule has 23 nitrogen and oxygen atoms in total. The predicted molar refractivity (Wildman–Crippen MR) is 172 cm³/mol. The van der Waals surface area contributed by atoms with Crippen molar-refractivity contribution in [3.05, 3.63) is 41.1 Å². The third-order valence-corrected chi connectivity index (χ3v) is 9.60. The summed E-state index contributed by atoms with van der Waals surface area (Å²) in [6.07, 6.45) is -17.3. The molecule has 4 aliphatic heterocycles. The summed E-state index contributed by atoms with van der Waals surface area (Å²) in [5.74, 6) is -8.07. The van der Waals surface area contributed by atoms with Gasteiger partial charge < -0.3 is 90.0 Å². The molecule has 56 heavy (non-hydrogen) atoms. The molecule has 2 fully saturated rings. The number of hydrogen-bond donors (Lipinski definition) is 12. The van der Waals surface area contributed by atoms with E-state index in [-0.39, 0.29) is 46.8 Å². The number of aliphatic carboxylic acids is 4. The average Bonchev–Trinajstić information content (AvgIpc) is 3.49. The monoisotopic (exact) mass is 800 g/mol. The highest BCUT2D eigenvalue weighted by atomic mass is 16.8. The van der Waals surface area contributed by atoms with Crippen LogP contribution < -0.4 is 20.1 Å². The minimum absolute atomic E-state index is 0.131. The number of allylic oxidation sites excluding steroid dienone is 1. The summed E-state index contributed by atoms with van der Waals surface area (Å²) in [6.45, 7) is -1.82. The van der Waals surface area contributed by atoms with Crippen LogP contribution in [0.2, 0.25) is 0 Å². The van der Waals surface area contributed by atoms with Crippen LogP contribution in [0.3, 0.4) is 0 Å². The Kier molecular flexibility index (Phi) is 13.2. The Bertz CT molecular complexity index is 1750. The molecule has 0 amide bonds. The number of rotatable bonds is 14. The fourth-order valence-electron chi connectivity index (χ4n) is 6.69. The van der Waals surface area contributed by atoms with Gasteiger partial charge in [0.15, 0.2) is 23.9 Å². The van der Waals surface area contributed by atoms with Gasteiger partial charge in [-0.2, -0.15) is 0 Å². The molecule has 1 aromatic carbocycles.